The lowest BCUT2D eigenvalue weighted by atomic mass is 9.87. The standard InChI is InChI=1S/C21H26N6O.ClH/c1-16-19(17(2)27(25-16)18-7-4-3-5-8-18)15-23-20(28)21(9-12-22-13-10-21)26-14-6-11-24-26;/h3-8,11,14,22H,9-10,12-13,15H2,1-2H3,(H,23,28);1H. The van der Waals surface area contributed by atoms with Gasteiger partial charge in [-0.25, -0.2) is 4.68 Å². The number of carbonyl (C=O) groups is 1. The van der Waals surface area contributed by atoms with Gasteiger partial charge in [0.25, 0.3) is 0 Å². The predicted octanol–water partition coefficient (Wildman–Crippen LogP) is 2.50. The Morgan fingerprint density at radius 2 is 1.90 bits per heavy atom. The molecule has 1 saturated heterocycles. The molecule has 7 nitrogen and oxygen atoms in total. The van der Waals surface area contributed by atoms with Gasteiger partial charge in [0.1, 0.15) is 5.54 Å². The first kappa shape index (κ1) is 21.1. The van der Waals surface area contributed by atoms with Gasteiger partial charge in [-0.3, -0.25) is 9.48 Å². The van der Waals surface area contributed by atoms with Crippen molar-refractivity contribution in [3.63, 3.8) is 0 Å². The zero-order valence-corrected chi connectivity index (χ0v) is 17.6. The molecule has 154 valence electrons. The number of rotatable bonds is 5. The van der Waals surface area contributed by atoms with Gasteiger partial charge in [0, 0.05) is 30.2 Å². The van der Waals surface area contributed by atoms with Crippen LogP contribution in [0.4, 0.5) is 0 Å². The highest BCUT2D eigenvalue weighted by molar-refractivity contribution is 5.85. The molecule has 1 aliphatic heterocycles. The van der Waals surface area contributed by atoms with E-state index in [1.165, 1.54) is 0 Å². The monoisotopic (exact) mass is 414 g/mol. The topological polar surface area (TPSA) is 76.8 Å². The third kappa shape index (κ3) is 3.93. The minimum absolute atomic E-state index is 0. The summed E-state index contributed by atoms with van der Waals surface area (Å²) in [5, 5.41) is 15.6. The molecule has 0 aliphatic carbocycles. The van der Waals surface area contributed by atoms with Crippen LogP contribution in [0.1, 0.15) is 29.8 Å². The van der Waals surface area contributed by atoms with Crippen LogP contribution in [-0.4, -0.2) is 38.6 Å². The highest BCUT2D eigenvalue weighted by Gasteiger charge is 2.41. The fourth-order valence-electron chi connectivity index (χ4n) is 4.01. The molecule has 8 heteroatoms. The second-order valence-electron chi connectivity index (χ2n) is 7.31. The van der Waals surface area contributed by atoms with E-state index in [0.29, 0.717) is 6.54 Å². The van der Waals surface area contributed by atoms with Crippen molar-refractivity contribution in [3.05, 3.63) is 65.7 Å². The molecule has 0 radical (unpaired) electrons. The number of hydrogen-bond acceptors (Lipinski definition) is 4. The number of piperidine rings is 1. The number of halogens is 1. The molecule has 1 fully saturated rings. The largest absolute Gasteiger partial charge is 0.350 e. The van der Waals surface area contributed by atoms with Crippen molar-refractivity contribution < 1.29 is 4.79 Å². The lowest BCUT2D eigenvalue weighted by Crippen LogP contribution is -2.54. The maximum Gasteiger partial charge on any atom is 0.248 e. The SMILES string of the molecule is Cc1nn(-c2ccccc2)c(C)c1CNC(=O)C1(n2cccn2)CCNCC1.Cl. The Labute approximate surface area is 176 Å². The molecule has 1 aliphatic rings. The van der Waals surface area contributed by atoms with E-state index >= 15 is 0 Å². The maximum atomic E-state index is 13.3. The first-order chi connectivity index (χ1) is 13.6. The van der Waals surface area contributed by atoms with Crippen molar-refractivity contribution in [2.24, 2.45) is 0 Å². The molecule has 1 aromatic carbocycles. The van der Waals surface area contributed by atoms with E-state index in [0.717, 1.165) is 48.6 Å². The second kappa shape index (κ2) is 8.80. The summed E-state index contributed by atoms with van der Waals surface area (Å²) in [5.74, 6) is 0.0176. The van der Waals surface area contributed by atoms with Gasteiger partial charge in [0.2, 0.25) is 5.91 Å². The van der Waals surface area contributed by atoms with Gasteiger partial charge in [-0.15, -0.1) is 12.4 Å². The summed E-state index contributed by atoms with van der Waals surface area (Å²) in [6.07, 6.45) is 5.06. The fraction of sp³-hybridized carbons (Fsp3) is 0.381. The number of amides is 1. The smallest absolute Gasteiger partial charge is 0.248 e. The summed E-state index contributed by atoms with van der Waals surface area (Å²) in [4.78, 5) is 13.3. The molecule has 0 unspecified atom stereocenters. The first-order valence-electron chi connectivity index (χ1n) is 9.71. The van der Waals surface area contributed by atoms with E-state index in [1.54, 1.807) is 6.20 Å². The molecule has 0 bridgehead atoms. The fourth-order valence-corrected chi connectivity index (χ4v) is 4.01. The number of para-hydroxylation sites is 1. The van der Waals surface area contributed by atoms with Gasteiger partial charge in [-0.2, -0.15) is 10.2 Å². The van der Waals surface area contributed by atoms with Crippen molar-refractivity contribution in [1.82, 2.24) is 30.2 Å². The molecule has 3 aromatic rings. The molecule has 1 amide bonds. The van der Waals surface area contributed by atoms with Gasteiger partial charge in [-0.05, 0) is 58.0 Å². The van der Waals surface area contributed by atoms with Gasteiger partial charge in [0.05, 0.1) is 11.4 Å². The molecule has 0 spiro atoms. The zero-order valence-electron chi connectivity index (χ0n) is 16.8. The number of benzene rings is 1. The number of carbonyl (C=O) groups excluding carboxylic acids is 1. The quantitative estimate of drug-likeness (QED) is 0.672. The van der Waals surface area contributed by atoms with Crippen molar-refractivity contribution >= 4 is 18.3 Å². The highest BCUT2D eigenvalue weighted by Crippen LogP contribution is 2.27. The number of hydrogen-bond donors (Lipinski definition) is 2. The van der Waals surface area contributed by atoms with Crippen molar-refractivity contribution in [3.8, 4) is 5.69 Å². The zero-order chi connectivity index (χ0) is 19.6. The number of aryl methyl sites for hydroxylation is 1. The Morgan fingerprint density at radius 3 is 2.55 bits per heavy atom. The molecule has 29 heavy (non-hydrogen) atoms. The van der Waals surface area contributed by atoms with Crippen LogP contribution < -0.4 is 10.6 Å². The molecule has 2 N–H and O–H groups in total. The Bertz CT molecular complexity index is 945. The third-order valence-electron chi connectivity index (χ3n) is 5.66. The van der Waals surface area contributed by atoms with E-state index in [4.69, 9.17) is 0 Å². The van der Waals surface area contributed by atoms with Crippen molar-refractivity contribution in [2.75, 3.05) is 13.1 Å². The van der Waals surface area contributed by atoms with Gasteiger partial charge in [0.15, 0.2) is 0 Å². The number of nitrogens with zero attached hydrogens (tertiary/aromatic N) is 4. The lowest BCUT2D eigenvalue weighted by Gasteiger charge is -2.36. The normalized spacial score (nSPS) is 15.5. The summed E-state index contributed by atoms with van der Waals surface area (Å²) < 4.78 is 3.75. The summed E-state index contributed by atoms with van der Waals surface area (Å²) >= 11 is 0. The molecule has 0 saturated carbocycles. The second-order valence-corrected chi connectivity index (χ2v) is 7.31. The Kier molecular flexibility index (Phi) is 6.39. The van der Waals surface area contributed by atoms with Crippen LogP contribution in [0.25, 0.3) is 5.69 Å². The van der Waals surface area contributed by atoms with Crippen LogP contribution in [0.15, 0.2) is 48.8 Å². The Morgan fingerprint density at radius 1 is 1.17 bits per heavy atom. The summed E-state index contributed by atoms with van der Waals surface area (Å²) in [6, 6.07) is 11.9. The summed E-state index contributed by atoms with van der Waals surface area (Å²) in [5.41, 5.74) is 3.42. The van der Waals surface area contributed by atoms with E-state index < -0.39 is 5.54 Å². The molecule has 2 aromatic heterocycles. The molecule has 0 atom stereocenters. The Hall–Kier alpha value is -2.64. The van der Waals surface area contributed by atoms with Gasteiger partial charge >= 0.3 is 0 Å². The van der Waals surface area contributed by atoms with Crippen molar-refractivity contribution in [1.29, 1.82) is 0 Å². The minimum atomic E-state index is -0.633. The molecular weight excluding hydrogens is 388 g/mol. The first-order valence-corrected chi connectivity index (χ1v) is 9.71. The molecule has 3 heterocycles. The van der Waals surface area contributed by atoms with E-state index in [-0.39, 0.29) is 18.3 Å². The molecular formula is C21H27ClN6O. The van der Waals surface area contributed by atoms with E-state index in [1.807, 2.05) is 65.8 Å². The number of aromatic nitrogens is 4. The van der Waals surface area contributed by atoms with Gasteiger partial charge < -0.3 is 10.6 Å². The van der Waals surface area contributed by atoms with Crippen LogP contribution in [0.3, 0.4) is 0 Å². The minimum Gasteiger partial charge on any atom is -0.350 e. The van der Waals surface area contributed by atoms with Crippen LogP contribution >= 0.6 is 12.4 Å². The van der Waals surface area contributed by atoms with Crippen LogP contribution in [0.5, 0.6) is 0 Å². The average Bonchev–Trinajstić information content (AvgIpc) is 3.37. The van der Waals surface area contributed by atoms with Gasteiger partial charge in [-0.1, -0.05) is 18.2 Å². The van der Waals surface area contributed by atoms with Crippen LogP contribution in [-0.2, 0) is 16.9 Å². The van der Waals surface area contributed by atoms with E-state index in [2.05, 4.69) is 20.8 Å². The highest BCUT2D eigenvalue weighted by atomic mass is 35.5. The summed E-state index contributed by atoms with van der Waals surface area (Å²) in [6.45, 7) is 6.10. The van der Waals surface area contributed by atoms with Crippen LogP contribution in [0.2, 0.25) is 0 Å². The summed E-state index contributed by atoms with van der Waals surface area (Å²) in [7, 11) is 0. The Balaban J connectivity index is 0.00000240. The van der Waals surface area contributed by atoms with Crippen molar-refractivity contribution in [2.45, 2.75) is 38.8 Å². The molecule has 4 rings (SSSR count). The van der Waals surface area contributed by atoms with Crippen LogP contribution in [0, 0.1) is 13.8 Å². The number of nitrogens with one attached hydrogen (secondary N) is 2. The van der Waals surface area contributed by atoms with E-state index in [9.17, 15) is 4.79 Å². The lowest BCUT2D eigenvalue weighted by molar-refractivity contribution is -0.132. The third-order valence-corrected chi connectivity index (χ3v) is 5.66. The maximum absolute atomic E-state index is 13.3. The predicted molar refractivity (Wildman–Crippen MR) is 114 cm³/mol. The average molecular weight is 415 g/mol.